The standard InChI is InChI=1S/C24H27BrN2O4/c1-4-14-31-19-7-5-6-17(15-19)22(28)20-21(16-8-10-18(25)11-9-16)27(13-12-26(2)3)24(30)23(20)29/h5-11,15,21,28H,4,12-14H2,1-3H3/b22-20+. The highest BCUT2D eigenvalue weighted by atomic mass is 79.9. The smallest absolute Gasteiger partial charge is 0.295 e. The molecular weight excluding hydrogens is 460 g/mol. The third kappa shape index (κ3) is 5.17. The van der Waals surface area contributed by atoms with Crippen LogP contribution in [0.2, 0.25) is 0 Å². The van der Waals surface area contributed by atoms with Gasteiger partial charge in [-0.05, 0) is 50.3 Å². The Morgan fingerprint density at radius 2 is 1.87 bits per heavy atom. The lowest BCUT2D eigenvalue weighted by atomic mass is 9.95. The number of ether oxygens (including phenoxy) is 1. The third-order valence-corrected chi connectivity index (χ3v) is 5.62. The zero-order valence-corrected chi connectivity index (χ0v) is 19.6. The second kappa shape index (κ2) is 10.1. The number of benzene rings is 2. The van der Waals surface area contributed by atoms with Crippen molar-refractivity contribution in [1.82, 2.24) is 9.80 Å². The van der Waals surface area contributed by atoms with E-state index < -0.39 is 17.7 Å². The van der Waals surface area contributed by atoms with Crippen molar-refractivity contribution in [3.05, 3.63) is 69.7 Å². The summed E-state index contributed by atoms with van der Waals surface area (Å²) in [5.41, 5.74) is 1.31. The van der Waals surface area contributed by atoms with Gasteiger partial charge in [-0.25, -0.2) is 0 Å². The zero-order chi connectivity index (χ0) is 22.5. The van der Waals surface area contributed by atoms with E-state index in [0.717, 1.165) is 16.5 Å². The Kier molecular flexibility index (Phi) is 7.51. The zero-order valence-electron chi connectivity index (χ0n) is 18.0. The first-order chi connectivity index (χ1) is 14.8. The predicted molar refractivity (Wildman–Crippen MR) is 124 cm³/mol. The summed E-state index contributed by atoms with van der Waals surface area (Å²) >= 11 is 3.42. The number of rotatable bonds is 8. The Morgan fingerprint density at radius 3 is 2.52 bits per heavy atom. The fourth-order valence-electron chi connectivity index (χ4n) is 3.52. The van der Waals surface area contributed by atoms with Gasteiger partial charge in [0.1, 0.15) is 11.5 Å². The number of nitrogens with zero attached hydrogens (tertiary/aromatic N) is 2. The van der Waals surface area contributed by atoms with Crippen LogP contribution in [0.3, 0.4) is 0 Å². The molecule has 0 radical (unpaired) electrons. The van der Waals surface area contributed by atoms with E-state index in [-0.39, 0.29) is 11.3 Å². The van der Waals surface area contributed by atoms with Crippen LogP contribution in [0.15, 0.2) is 58.6 Å². The molecule has 0 spiro atoms. The number of likely N-dealkylation sites (N-methyl/N-ethyl adjacent to an activating group) is 1. The van der Waals surface area contributed by atoms with E-state index in [9.17, 15) is 14.7 Å². The molecule has 1 unspecified atom stereocenters. The minimum Gasteiger partial charge on any atom is -0.507 e. The maximum Gasteiger partial charge on any atom is 0.295 e. The summed E-state index contributed by atoms with van der Waals surface area (Å²) in [5, 5.41) is 11.1. The Balaban J connectivity index is 2.09. The molecule has 1 atom stereocenters. The van der Waals surface area contributed by atoms with Crippen molar-refractivity contribution in [2.75, 3.05) is 33.8 Å². The van der Waals surface area contributed by atoms with E-state index in [1.165, 1.54) is 4.90 Å². The Hall–Kier alpha value is -2.64. The predicted octanol–water partition coefficient (Wildman–Crippen LogP) is 4.22. The number of amides is 1. The normalized spacial score (nSPS) is 18.1. The Bertz CT molecular complexity index is 985. The first-order valence-electron chi connectivity index (χ1n) is 10.2. The first kappa shape index (κ1) is 23.0. The first-order valence-corrected chi connectivity index (χ1v) is 11.0. The lowest BCUT2D eigenvalue weighted by Crippen LogP contribution is -2.35. The summed E-state index contributed by atoms with van der Waals surface area (Å²) in [7, 11) is 3.82. The molecule has 0 aliphatic carbocycles. The van der Waals surface area contributed by atoms with Gasteiger partial charge in [0.05, 0.1) is 18.2 Å². The topological polar surface area (TPSA) is 70.1 Å². The summed E-state index contributed by atoms with van der Waals surface area (Å²) in [6, 6.07) is 13.7. The highest BCUT2D eigenvalue weighted by molar-refractivity contribution is 9.10. The number of hydrogen-bond donors (Lipinski definition) is 1. The largest absolute Gasteiger partial charge is 0.507 e. The SMILES string of the molecule is CCCOc1cccc(/C(O)=C2\C(=O)C(=O)N(CCN(C)C)C2c2ccc(Br)cc2)c1. The quantitative estimate of drug-likeness (QED) is 0.343. The molecule has 1 aliphatic heterocycles. The molecule has 164 valence electrons. The third-order valence-electron chi connectivity index (χ3n) is 5.09. The minimum absolute atomic E-state index is 0.0960. The molecule has 6 nitrogen and oxygen atoms in total. The van der Waals surface area contributed by atoms with Gasteiger partial charge in [0, 0.05) is 23.1 Å². The van der Waals surface area contributed by atoms with E-state index in [1.807, 2.05) is 50.2 Å². The summed E-state index contributed by atoms with van der Waals surface area (Å²) in [4.78, 5) is 29.4. The maximum atomic E-state index is 13.0. The number of carbonyl (C=O) groups excluding carboxylic acids is 2. The van der Waals surface area contributed by atoms with E-state index in [2.05, 4.69) is 15.9 Å². The number of likely N-dealkylation sites (tertiary alicyclic amines) is 1. The van der Waals surface area contributed by atoms with Crippen molar-refractivity contribution in [2.45, 2.75) is 19.4 Å². The fraction of sp³-hybridized carbons (Fsp3) is 0.333. The molecule has 1 aliphatic rings. The van der Waals surface area contributed by atoms with Gasteiger partial charge in [0.2, 0.25) is 0 Å². The van der Waals surface area contributed by atoms with Crippen LogP contribution in [0.4, 0.5) is 0 Å². The van der Waals surface area contributed by atoms with E-state index >= 15 is 0 Å². The highest BCUT2D eigenvalue weighted by Gasteiger charge is 2.45. The van der Waals surface area contributed by atoms with Crippen molar-refractivity contribution in [3.63, 3.8) is 0 Å². The number of aliphatic hydroxyl groups is 1. The summed E-state index contributed by atoms with van der Waals surface area (Å²) < 4.78 is 6.55. The molecule has 1 heterocycles. The summed E-state index contributed by atoms with van der Waals surface area (Å²) in [5.74, 6) is -0.868. The van der Waals surface area contributed by atoms with Crippen LogP contribution in [-0.2, 0) is 9.59 Å². The lowest BCUT2D eigenvalue weighted by Gasteiger charge is -2.26. The number of hydrogen-bond acceptors (Lipinski definition) is 5. The molecule has 0 bridgehead atoms. The molecule has 2 aromatic carbocycles. The monoisotopic (exact) mass is 486 g/mol. The minimum atomic E-state index is -0.677. The number of halogens is 1. The van der Waals surface area contributed by atoms with Gasteiger partial charge in [-0.1, -0.05) is 47.1 Å². The van der Waals surface area contributed by atoms with Crippen LogP contribution >= 0.6 is 15.9 Å². The number of Topliss-reactive ketones (excluding diaryl/α,β-unsaturated/α-hetero) is 1. The number of ketones is 1. The summed E-state index contributed by atoms with van der Waals surface area (Å²) in [6.45, 7) is 3.53. The molecule has 0 saturated carbocycles. The van der Waals surface area contributed by atoms with Crippen LogP contribution in [0.1, 0.15) is 30.5 Å². The average molecular weight is 487 g/mol. The van der Waals surface area contributed by atoms with Crippen LogP contribution < -0.4 is 4.74 Å². The summed E-state index contributed by atoms with van der Waals surface area (Å²) in [6.07, 6.45) is 0.858. The van der Waals surface area contributed by atoms with Gasteiger partial charge >= 0.3 is 0 Å². The molecule has 2 aromatic rings. The molecule has 3 rings (SSSR count). The number of carbonyl (C=O) groups is 2. The molecule has 0 aromatic heterocycles. The van der Waals surface area contributed by atoms with Crippen LogP contribution in [-0.4, -0.2) is 60.4 Å². The molecular formula is C24H27BrN2O4. The van der Waals surface area contributed by atoms with Gasteiger partial charge in [0.15, 0.2) is 0 Å². The van der Waals surface area contributed by atoms with Crippen molar-refractivity contribution in [3.8, 4) is 5.75 Å². The molecule has 1 saturated heterocycles. The molecule has 31 heavy (non-hydrogen) atoms. The van der Waals surface area contributed by atoms with Crippen LogP contribution in [0.25, 0.3) is 5.76 Å². The Morgan fingerprint density at radius 1 is 1.16 bits per heavy atom. The van der Waals surface area contributed by atoms with Crippen LogP contribution in [0, 0.1) is 0 Å². The van der Waals surface area contributed by atoms with E-state index in [1.54, 1.807) is 24.3 Å². The maximum absolute atomic E-state index is 13.0. The lowest BCUT2D eigenvalue weighted by molar-refractivity contribution is -0.140. The molecule has 1 amide bonds. The van der Waals surface area contributed by atoms with E-state index in [0.29, 0.717) is 31.0 Å². The van der Waals surface area contributed by atoms with Gasteiger partial charge in [-0.15, -0.1) is 0 Å². The van der Waals surface area contributed by atoms with Gasteiger partial charge in [-0.2, -0.15) is 0 Å². The molecule has 7 heteroatoms. The second-order valence-corrected chi connectivity index (χ2v) is 8.64. The molecule has 1 fully saturated rings. The van der Waals surface area contributed by atoms with Crippen LogP contribution in [0.5, 0.6) is 5.75 Å². The van der Waals surface area contributed by atoms with Gasteiger partial charge in [0.25, 0.3) is 11.7 Å². The second-order valence-electron chi connectivity index (χ2n) is 7.72. The van der Waals surface area contributed by atoms with Gasteiger partial charge in [-0.3, -0.25) is 9.59 Å². The number of aliphatic hydroxyl groups excluding tert-OH is 1. The molecule has 1 N–H and O–H groups in total. The van der Waals surface area contributed by atoms with E-state index in [4.69, 9.17) is 4.74 Å². The van der Waals surface area contributed by atoms with Crippen molar-refractivity contribution in [1.29, 1.82) is 0 Å². The average Bonchev–Trinajstić information content (AvgIpc) is 3.01. The highest BCUT2D eigenvalue weighted by Crippen LogP contribution is 2.39. The van der Waals surface area contributed by atoms with Crippen molar-refractivity contribution in [2.24, 2.45) is 0 Å². The Labute approximate surface area is 191 Å². The van der Waals surface area contributed by atoms with Crippen molar-refractivity contribution >= 4 is 33.4 Å². The fourth-order valence-corrected chi connectivity index (χ4v) is 3.78. The van der Waals surface area contributed by atoms with Crippen molar-refractivity contribution < 1.29 is 19.4 Å². The van der Waals surface area contributed by atoms with Gasteiger partial charge < -0.3 is 19.6 Å².